The molecule has 9 aromatic carbocycles. The third-order valence-electron chi connectivity index (χ3n) is 11.0. The van der Waals surface area contributed by atoms with E-state index in [1.807, 2.05) is 18.5 Å². The molecule has 0 saturated heterocycles. The van der Waals surface area contributed by atoms with Crippen molar-refractivity contribution in [1.29, 1.82) is 0 Å². The summed E-state index contributed by atoms with van der Waals surface area (Å²) in [5.41, 5.74) is 10.1. The Morgan fingerprint density at radius 2 is 0.930 bits per heavy atom. The van der Waals surface area contributed by atoms with Gasteiger partial charge in [0.2, 0.25) is 0 Å². The second-order valence-electron chi connectivity index (χ2n) is 14.5. The van der Waals surface area contributed by atoms with Crippen LogP contribution in [0.2, 0.25) is 0 Å². The Morgan fingerprint density at radius 1 is 0.368 bits per heavy atom. The fourth-order valence-electron chi connectivity index (χ4n) is 8.31. The molecule has 2 aromatic heterocycles. The van der Waals surface area contributed by atoms with Gasteiger partial charge in [-0.2, -0.15) is 0 Å². The SMILES string of the molecule is c1ccc(-c2cccc(N(c3ccc4ccccc4c3)c3ccc(N(c4ccccc4)c4ccc5ccccc5c4)c4oc5cc6ccncc6cc5c34)c2)cc1. The highest BCUT2D eigenvalue weighted by atomic mass is 16.3. The molecule has 0 aliphatic carbocycles. The highest BCUT2D eigenvalue weighted by molar-refractivity contribution is 6.20. The molecular formula is C53H35N3O. The molecule has 0 aliphatic rings. The van der Waals surface area contributed by atoms with Crippen molar-refractivity contribution < 1.29 is 4.42 Å². The minimum absolute atomic E-state index is 0.799. The Kier molecular flexibility index (Phi) is 7.78. The fraction of sp³-hybridized carbons (Fsp3) is 0. The van der Waals surface area contributed by atoms with Crippen LogP contribution in [0.5, 0.6) is 0 Å². The van der Waals surface area contributed by atoms with Crippen LogP contribution in [0.15, 0.2) is 217 Å². The van der Waals surface area contributed by atoms with Crippen LogP contribution < -0.4 is 9.80 Å². The van der Waals surface area contributed by atoms with E-state index >= 15 is 0 Å². The van der Waals surface area contributed by atoms with Crippen molar-refractivity contribution in [1.82, 2.24) is 4.98 Å². The number of fused-ring (bicyclic) bond motifs is 6. The summed E-state index contributed by atoms with van der Waals surface area (Å²) < 4.78 is 7.14. The topological polar surface area (TPSA) is 32.5 Å². The smallest absolute Gasteiger partial charge is 0.161 e. The number of pyridine rings is 1. The Balaban J connectivity index is 1.23. The van der Waals surface area contributed by atoms with Gasteiger partial charge in [-0.25, -0.2) is 0 Å². The monoisotopic (exact) mass is 729 g/mol. The second kappa shape index (κ2) is 13.6. The number of hydrogen-bond acceptors (Lipinski definition) is 4. The van der Waals surface area contributed by atoms with Crippen LogP contribution in [0.4, 0.5) is 34.1 Å². The summed E-state index contributed by atoms with van der Waals surface area (Å²) in [6.45, 7) is 0. The Hall–Kier alpha value is -7.69. The molecule has 4 nitrogen and oxygen atoms in total. The molecule has 0 spiro atoms. The molecule has 0 radical (unpaired) electrons. The molecule has 2 heterocycles. The lowest BCUT2D eigenvalue weighted by atomic mass is 10.0. The van der Waals surface area contributed by atoms with Gasteiger partial charge in [0, 0.05) is 45.9 Å². The van der Waals surface area contributed by atoms with E-state index in [0.717, 1.165) is 72.4 Å². The van der Waals surface area contributed by atoms with Crippen molar-refractivity contribution in [2.24, 2.45) is 0 Å². The van der Waals surface area contributed by atoms with E-state index in [1.54, 1.807) is 0 Å². The van der Waals surface area contributed by atoms with Crippen molar-refractivity contribution >= 4 is 88.4 Å². The van der Waals surface area contributed by atoms with Gasteiger partial charge >= 0.3 is 0 Å². The third kappa shape index (κ3) is 5.74. The van der Waals surface area contributed by atoms with Gasteiger partial charge in [0.05, 0.1) is 16.8 Å². The third-order valence-corrected chi connectivity index (χ3v) is 11.0. The maximum atomic E-state index is 7.14. The molecule has 4 heteroatoms. The van der Waals surface area contributed by atoms with Crippen LogP contribution in [-0.2, 0) is 0 Å². The van der Waals surface area contributed by atoms with Gasteiger partial charge in [0.25, 0.3) is 0 Å². The second-order valence-corrected chi connectivity index (χ2v) is 14.5. The molecule has 11 rings (SSSR count). The lowest BCUT2D eigenvalue weighted by Crippen LogP contribution is -2.13. The average Bonchev–Trinajstić information content (AvgIpc) is 3.65. The number of hydrogen-bond donors (Lipinski definition) is 0. The van der Waals surface area contributed by atoms with E-state index in [1.165, 1.54) is 27.1 Å². The van der Waals surface area contributed by atoms with Gasteiger partial charge < -0.3 is 14.2 Å². The van der Waals surface area contributed by atoms with Gasteiger partial charge in [-0.3, -0.25) is 4.98 Å². The van der Waals surface area contributed by atoms with E-state index < -0.39 is 0 Å². The number of anilines is 6. The molecule has 0 N–H and O–H groups in total. The highest BCUT2D eigenvalue weighted by Crippen LogP contribution is 2.50. The van der Waals surface area contributed by atoms with Crippen LogP contribution in [0.1, 0.15) is 0 Å². The van der Waals surface area contributed by atoms with Crippen LogP contribution in [0.3, 0.4) is 0 Å². The molecule has 57 heavy (non-hydrogen) atoms. The van der Waals surface area contributed by atoms with Crippen molar-refractivity contribution in [2.45, 2.75) is 0 Å². The van der Waals surface area contributed by atoms with Gasteiger partial charge in [0.15, 0.2) is 5.58 Å². The molecule has 268 valence electrons. The molecule has 0 fully saturated rings. The van der Waals surface area contributed by atoms with E-state index in [0.29, 0.717) is 0 Å². The minimum atomic E-state index is 0.799. The van der Waals surface area contributed by atoms with Gasteiger partial charge in [-0.05, 0) is 117 Å². The summed E-state index contributed by atoms with van der Waals surface area (Å²) in [5, 5.41) is 8.93. The number of para-hydroxylation sites is 1. The Labute approximate surface area is 330 Å². The first-order chi connectivity index (χ1) is 28.2. The summed E-state index contributed by atoms with van der Waals surface area (Å²) >= 11 is 0. The average molecular weight is 730 g/mol. The van der Waals surface area contributed by atoms with E-state index in [4.69, 9.17) is 4.42 Å². The molecule has 0 unspecified atom stereocenters. The maximum absolute atomic E-state index is 7.14. The molecule has 0 saturated carbocycles. The van der Waals surface area contributed by atoms with Gasteiger partial charge in [-0.15, -0.1) is 0 Å². The summed E-state index contributed by atoms with van der Waals surface area (Å²) in [6.07, 6.45) is 3.78. The predicted octanol–water partition coefficient (Wildman–Crippen LogP) is 15.0. The van der Waals surface area contributed by atoms with Gasteiger partial charge in [0.1, 0.15) is 5.58 Å². The van der Waals surface area contributed by atoms with Crippen molar-refractivity contribution in [3.63, 3.8) is 0 Å². The van der Waals surface area contributed by atoms with Crippen LogP contribution in [0, 0.1) is 0 Å². The lowest BCUT2D eigenvalue weighted by Gasteiger charge is -2.29. The molecule has 11 aromatic rings. The van der Waals surface area contributed by atoms with Crippen LogP contribution in [0.25, 0.3) is 65.4 Å². The largest absolute Gasteiger partial charge is 0.454 e. The number of rotatable bonds is 7. The van der Waals surface area contributed by atoms with Crippen molar-refractivity contribution in [3.05, 3.63) is 213 Å². The first kappa shape index (κ1) is 32.7. The van der Waals surface area contributed by atoms with E-state index in [9.17, 15) is 0 Å². The number of benzene rings is 9. The van der Waals surface area contributed by atoms with Crippen LogP contribution >= 0.6 is 0 Å². The van der Waals surface area contributed by atoms with Crippen molar-refractivity contribution in [2.75, 3.05) is 9.80 Å². The quantitative estimate of drug-likeness (QED) is 0.163. The minimum Gasteiger partial charge on any atom is -0.454 e. The normalized spacial score (nSPS) is 11.5. The van der Waals surface area contributed by atoms with Gasteiger partial charge in [-0.1, -0.05) is 121 Å². The fourth-order valence-corrected chi connectivity index (χ4v) is 8.31. The molecule has 0 amide bonds. The zero-order valence-corrected chi connectivity index (χ0v) is 31.0. The standard InChI is InChI=1S/C53H35N3O/c1-3-12-36(13-4-1)41-18-11-21-45(30-41)56(47-25-23-38-15-8-10-17-40(38)32-47)49-26-27-50(53-52(49)48-33-43-35-54-29-28-42(43)34-51(48)57-53)55(44-19-5-2-6-20-44)46-24-22-37-14-7-9-16-39(37)31-46/h1-35H. The Bertz CT molecular complexity index is 3260. The number of nitrogens with zero attached hydrogens (tertiary/aromatic N) is 3. The predicted molar refractivity (Wildman–Crippen MR) is 239 cm³/mol. The highest BCUT2D eigenvalue weighted by Gasteiger charge is 2.26. The first-order valence-electron chi connectivity index (χ1n) is 19.3. The molecule has 0 bridgehead atoms. The molecule has 0 aliphatic heterocycles. The zero-order valence-electron chi connectivity index (χ0n) is 31.0. The summed E-state index contributed by atoms with van der Waals surface area (Å²) in [6, 6.07) is 71.4. The number of aromatic nitrogens is 1. The molecular weight excluding hydrogens is 695 g/mol. The van der Waals surface area contributed by atoms with E-state index in [2.05, 4.69) is 209 Å². The zero-order chi connectivity index (χ0) is 37.7. The summed E-state index contributed by atoms with van der Waals surface area (Å²) in [5.74, 6) is 0. The summed E-state index contributed by atoms with van der Waals surface area (Å²) in [7, 11) is 0. The first-order valence-corrected chi connectivity index (χ1v) is 19.3. The molecule has 0 atom stereocenters. The number of furan rings is 1. The Morgan fingerprint density at radius 3 is 1.65 bits per heavy atom. The lowest BCUT2D eigenvalue weighted by molar-refractivity contribution is 0.669. The van der Waals surface area contributed by atoms with Crippen LogP contribution in [-0.4, -0.2) is 4.98 Å². The maximum Gasteiger partial charge on any atom is 0.161 e. The van der Waals surface area contributed by atoms with E-state index in [-0.39, 0.29) is 0 Å². The van der Waals surface area contributed by atoms with Crippen molar-refractivity contribution in [3.8, 4) is 11.1 Å². The summed E-state index contributed by atoms with van der Waals surface area (Å²) in [4.78, 5) is 9.21.